The first kappa shape index (κ1) is 62.5. The number of carboxylic acids is 1. The number of anilines is 4. The monoisotopic (exact) mass is 986 g/mol. The Labute approximate surface area is 434 Å². The van der Waals surface area contributed by atoms with Crippen molar-refractivity contribution in [2.75, 3.05) is 53.2 Å². The molecule has 0 aliphatic rings. The van der Waals surface area contributed by atoms with Crippen LogP contribution in [0.1, 0.15) is 99.8 Å². The molecule has 0 aliphatic carbocycles. The van der Waals surface area contributed by atoms with Crippen LogP contribution < -0.4 is 50.0 Å². The number of aliphatic carboxylic acids is 1. The largest absolute Gasteiger partial charge is 1.00 e. The summed E-state index contributed by atoms with van der Waals surface area (Å²) in [6, 6.07) is 17.4. The van der Waals surface area contributed by atoms with Gasteiger partial charge in [-0.3, -0.25) is 9.59 Å². The standard InChI is InChI=1S/C28H36F2N2O3.C26H32F2N2O3.Na.H2O/c1-7-35-28(34)12-20(6)21-9-11-26(32(16-18(2)3)17-19(4)5)25(13-21)31-27(33)14-22-8-10-23(29)15-24(22)30;1-16(2)14-30(15-17(3)4)24-9-7-19(18(5)10-26(32)33)11-23(24)29-25(31)12-20-6-8-21(27)13-22(20)28;;/h8-13,15,18-19H,7,14,16-17H2,1-6H3,(H,31,33);6-11,13,16-17H,12,14-15H2,1-5H3,(H,29,31)(H,32,33);;1H2/q;;+1;/b20-12+;18-10+;;. The van der Waals surface area contributed by atoms with E-state index in [0.717, 1.165) is 73.5 Å². The Kier molecular flexibility index (Phi) is 27.1. The van der Waals surface area contributed by atoms with Crippen molar-refractivity contribution < 1.29 is 83.0 Å². The van der Waals surface area contributed by atoms with E-state index in [9.17, 15) is 36.7 Å². The summed E-state index contributed by atoms with van der Waals surface area (Å²) in [5, 5.41) is 14.9. The van der Waals surface area contributed by atoms with Crippen LogP contribution in [0, 0.1) is 46.9 Å². The molecule has 11 nitrogen and oxygen atoms in total. The second-order valence-electron chi connectivity index (χ2n) is 18.5. The molecule has 2 amide bonds. The summed E-state index contributed by atoms with van der Waals surface area (Å²) in [5.74, 6) is -3.79. The van der Waals surface area contributed by atoms with Crippen molar-refractivity contribution in [1.82, 2.24) is 0 Å². The number of nitrogens with one attached hydrogen (secondary N) is 2. The number of carbonyl (C=O) groups is 4. The van der Waals surface area contributed by atoms with Gasteiger partial charge in [0.05, 0.1) is 42.2 Å². The van der Waals surface area contributed by atoms with E-state index >= 15 is 0 Å². The summed E-state index contributed by atoms with van der Waals surface area (Å²) in [5.41, 5.74) is 5.55. The molecule has 0 saturated carbocycles. The van der Waals surface area contributed by atoms with Gasteiger partial charge in [-0.05, 0) is 114 Å². The number of rotatable bonds is 21. The number of hydrogen-bond acceptors (Lipinski definition) is 8. The molecule has 0 spiro atoms. The van der Waals surface area contributed by atoms with Gasteiger partial charge < -0.3 is 35.8 Å². The van der Waals surface area contributed by atoms with E-state index in [-0.39, 0.29) is 67.0 Å². The predicted molar refractivity (Wildman–Crippen MR) is 269 cm³/mol. The molecule has 0 heterocycles. The number of carboxylic acid groups (broad SMARTS) is 1. The number of halogens is 4. The summed E-state index contributed by atoms with van der Waals surface area (Å²) < 4.78 is 59.6. The van der Waals surface area contributed by atoms with Crippen LogP contribution in [-0.2, 0) is 36.8 Å². The van der Waals surface area contributed by atoms with Gasteiger partial charge in [-0.1, -0.05) is 79.7 Å². The van der Waals surface area contributed by atoms with Gasteiger partial charge in [-0.2, -0.15) is 0 Å². The molecule has 4 aromatic carbocycles. The van der Waals surface area contributed by atoms with Crippen LogP contribution in [0.5, 0.6) is 0 Å². The fraction of sp³-hybridized carbons (Fsp3) is 0.407. The topological polar surface area (TPSA) is 158 Å². The van der Waals surface area contributed by atoms with Crippen LogP contribution in [0.2, 0.25) is 0 Å². The first-order valence-corrected chi connectivity index (χ1v) is 23.0. The molecule has 0 aliphatic heterocycles. The maximum absolute atomic E-state index is 14.1. The van der Waals surface area contributed by atoms with Crippen LogP contribution in [0.4, 0.5) is 40.3 Å². The summed E-state index contributed by atoms with van der Waals surface area (Å²) in [6.45, 7) is 25.5. The molecule has 376 valence electrons. The number of allylic oxidation sites excluding steroid dienone is 2. The Hall–Kier alpha value is -5.48. The molecule has 4 N–H and O–H groups in total. The third kappa shape index (κ3) is 21.3. The number of nitrogens with zero attached hydrogens (tertiary/aromatic N) is 2. The van der Waals surface area contributed by atoms with Gasteiger partial charge in [0.25, 0.3) is 0 Å². The zero-order chi connectivity index (χ0) is 50.8. The van der Waals surface area contributed by atoms with Crippen molar-refractivity contribution in [2.45, 2.75) is 89.0 Å². The molecule has 4 aromatic rings. The Morgan fingerprint density at radius 3 is 1.27 bits per heavy atom. The third-order valence-electron chi connectivity index (χ3n) is 10.2. The smallest absolute Gasteiger partial charge is 0.870 e. The zero-order valence-electron chi connectivity index (χ0n) is 43.7. The van der Waals surface area contributed by atoms with Crippen LogP contribution >= 0.6 is 0 Å². The Balaban J connectivity index is 0.00000133. The van der Waals surface area contributed by atoms with Crippen molar-refractivity contribution in [3.05, 3.63) is 130 Å². The van der Waals surface area contributed by atoms with E-state index in [1.54, 1.807) is 26.8 Å². The first-order chi connectivity index (χ1) is 31.9. The molecule has 0 saturated heterocycles. The van der Waals surface area contributed by atoms with Gasteiger partial charge in [0.15, 0.2) is 0 Å². The van der Waals surface area contributed by atoms with Gasteiger partial charge >= 0.3 is 42.9 Å². The maximum atomic E-state index is 14.1. The van der Waals surface area contributed by atoms with Crippen LogP contribution in [-0.4, -0.2) is 67.1 Å². The molecular weight excluding hydrogens is 916 g/mol. The average molecular weight is 986 g/mol. The molecule has 70 heavy (non-hydrogen) atoms. The predicted octanol–water partition coefficient (Wildman–Crippen LogP) is 8.92. The fourth-order valence-electron chi connectivity index (χ4n) is 7.40. The molecular formula is C54H70F4N4NaO7+. The van der Waals surface area contributed by atoms with Crippen molar-refractivity contribution >= 4 is 57.6 Å². The maximum Gasteiger partial charge on any atom is 1.00 e. The quantitative estimate of drug-likeness (QED) is 0.0321. The van der Waals surface area contributed by atoms with Crippen LogP contribution in [0.3, 0.4) is 0 Å². The number of hydrogen-bond donors (Lipinski definition) is 3. The molecule has 0 bridgehead atoms. The SMILES string of the molecule is C/C(=C\C(=O)O)c1ccc(N(CC(C)C)CC(C)C)c(NC(=O)Cc2ccc(F)cc2F)c1.CCOC(=O)/C=C(\C)c1ccc(N(CC(C)C)CC(C)C)c(NC(=O)Cc2ccc(F)cc2F)c1.[H+].[Na+].[OH-]. The van der Waals surface area contributed by atoms with E-state index in [1.807, 2.05) is 30.3 Å². The number of amides is 2. The van der Waals surface area contributed by atoms with Crippen LogP contribution in [0.15, 0.2) is 84.9 Å². The molecule has 0 radical (unpaired) electrons. The van der Waals surface area contributed by atoms with E-state index in [0.29, 0.717) is 51.8 Å². The van der Waals surface area contributed by atoms with Gasteiger partial charge in [0, 0.05) is 50.5 Å². The molecule has 16 heteroatoms. The summed E-state index contributed by atoms with van der Waals surface area (Å²) in [4.78, 5) is 53.1. The second kappa shape index (κ2) is 30.3. The van der Waals surface area contributed by atoms with Gasteiger partial charge in [0.1, 0.15) is 23.3 Å². The normalized spacial score (nSPS) is 11.4. The van der Waals surface area contributed by atoms with E-state index in [1.165, 1.54) is 18.2 Å². The van der Waals surface area contributed by atoms with Gasteiger partial charge in [-0.15, -0.1) is 0 Å². The Morgan fingerprint density at radius 1 is 0.600 bits per heavy atom. The average Bonchev–Trinajstić information content (AvgIpc) is 3.21. The molecule has 4 rings (SSSR count). The minimum absolute atomic E-state index is 0. The number of carbonyl (C=O) groups excluding carboxylic acids is 3. The summed E-state index contributed by atoms with van der Waals surface area (Å²) in [6.07, 6.45) is 2.03. The summed E-state index contributed by atoms with van der Waals surface area (Å²) in [7, 11) is 0. The van der Waals surface area contributed by atoms with Gasteiger partial charge in [0.2, 0.25) is 11.8 Å². The van der Waals surface area contributed by atoms with E-state index in [4.69, 9.17) is 9.84 Å². The Bertz CT molecular complexity index is 2430. The van der Waals surface area contributed by atoms with Crippen molar-refractivity contribution in [2.24, 2.45) is 23.7 Å². The number of benzene rings is 4. The second-order valence-corrected chi connectivity index (χ2v) is 18.5. The van der Waals surface area contributed by atoms with Crippen molar-refractivity contribution in [3.8, 4) is 0 Å². The van der Waals surface area contributed by atoms with Gasteiger partial charge in [-0.25, -0.2) is 27.2 Å². The number of esters is 1. The first-order valence-electron chi connectivity index (χ1n) is 23.0. The van der Waals surface area contributed by atoms with Crippen LogP contribution in [0.25, 0.3) is 11.1 Å². The third-order valence-corrected chi connectivity index (χ3v) is 10.2. The fourth-order valence-corrected chi connectivity index (χ4v) is 7.40. The molecule has 0 unspecified atom stereocenters. The molecule has 0 aromatic heterocycles. The van der Waals surface area contributed by atoms with E-state index < -0.39 is 47.0 Å². The minimum Gasteiger partial charge on any atom is -0.870 e. The summed E-state index contributed by atoms with van der Waals surface area (Å²) >= 11 is 0. The van der Waals surface area contributed by atoms with E-state index in [2.05, 4.69) is 75.8 Å². The Morgan fingerprint density at radius 2 is 0.957 bits per heavy atom. The molecule has 0 fully saturated rings. The van der Waals surface area contributed by atoms with Crippen molar-refractivity contribution in [1.29, 1.82) is 0 Å². The number of ether oxygens (including phenoxy) is 1. The zero-order valence-corrected chi connectivity index (χ0v) is 44.7. The van der Waals surface area contributed by atoms with Crippen molar-refractivity contribution in [3.63, 3.8) is 0 Å². The minimum atomic E-state index is -1.06. The molecule has 0 atom stereocenters.